The molecule has 7 nitrogen and oxygen atoms in total. The van der Waals surface area contributed by atoms with Gasteiger partial charge in [0.1, 0.15) is 11.0 Å². The molecule has 3 aromatic rings. The van der Waals surface area contributed by atoms with Gasteiger partial charge in [0.05, 0.1) is 6.42 Å². The van der Waals surface area contributed by atoms with E-state index < -0.39 is 17.9 Å². The maximum absolute atomic E-state index is 13.0. The van der Waals surface area contributed by atoms with Gasteiger partial charge in [-0.05, 0) is 47.8 Å². The first-order chi connectivity index (χ1) is 15.5. The summed E-state index contributed by atoms with van der Waals surface area (Å²) in [5, 5.41) is 17.4. The van der Waals surface area contributed by atoms with Crippen molar-refractivity contribution in [3.63, 3.8) is 0 Å². The molecule has 0 aliphatic carbocycles. The molecule has 0 bridgehead atoms. The van der Waals surface area contributed by atoms with Crippen LogP contribution in [0.1, 0.15) is 21.8 Å². The van der Waals surface area contributed by atoms with Crippen molar-refractivity contribution in [1.29, 1.82) is 0 Å². The molecule has 3 rings (SSSR count). The number of aliphatic carboxylic acids is 1. The number of hydrogen-bond acceptors (Lipinski definition) is 6. The molecule has 166 valence electrons. The molecular formula is C23H23N3O4S2. The molecule has 0 saturated carbocycles. The minimum absolute atomic E-state index is 0.163. The second-order valence-corrected chi connectivity index (χ2v) is 8.89. The zero-order valence-corrected chi connectivity index (χ0v) is 19.0. The highest BCUT2D eigenvalue weighted by Crippen LogP contribution is 2.27. The largest absolute Gasteiger partial charge is 0.480 e. The van der Waals surface area contributed by atoms with Crippen LogP contribution in [0.3, 0.4) is 0 Å². The molecule has 1 atom stereocenters. The van der Waals surface area contributed by atoms with E-state index in [2.05, 4.69) is 15.6 Å². The van der Waals surface area contributed by atoms with E-state index in [0.29, 0.717) is 34.0 Å². The summed E-state index contributed by atoms with van der Waals surface area (Å²) in [6.07, 6.45) is 4.03. The Morgan fingerprint density at radius 1 is 1.16 bits per heavy atom. The number of amides is 2. The first-order valence-corrected chi connectivity index (χ1v) is 12.2. The van der Waals surface area contributed by atoms with E-state index >= 15 is 0 Å². The summed E-state index contributed by atoms with van der Waals surface area (Å²) >= 11 is 2.93. The lowest BCUT2D eigenvalue weighted by Gasteiger charge is -2.17. The molecule has 3 N–H and O–H groups in total. The van der Waals surface area contributed by atoms with Crippen molar-refractivity contribution in [2.24, 2.45) is 0 Å². The van der Waals surface area contributed by atoms with E-state index in [0.717, 1.165) is 5.56 Å². The van der Waals surface area contributed by atoms with Crippen LogP contribution in [-0.2, 0) is 16.0 Å². The number of carbonyl (C=O) groups is 3. The topological polar surface area (TPSA) is 108 Å². The fraction of sp³-hybridized carbons (Fsp3) is 0.217. The van der Waals surface area contributed by atoms with Gasteiger partial charge in [-0.3, -0.25) is 9.59 Å². The molecule has 32 heavy (non-hydrogen) atoms. The number of aromatic nitrogens is 1. The number of carboxylic acid groups (broad SMARTS) is 1. The first-order valence-electron chi connectivity index (χ1n) is 9.88. The summed E-state index contributed by atoms with van der Waals surface area (Å²) in [4.78, 5) is 41.0. The van der Waals surface area contributed by atoms with Crippen molar-refractivity contribution in [3.05, 3.63) is 70.7 Å². The zero-order valence-electron chi connectivity index (χ0n) is 17.4. The van der Waals surface area contributed by atoms with Crippen molar-refractivity contribution in [3.8, 4) is 11.1 Å². The van der Waals surface area contributed by atoms with Crippen molar-refractivity contribution >= 4 is 46.6 Å². The lowest BCUT2D eigenvalue weighted by atomic mass is 9.98. The molecular weight excluding hydrogens is 446 g/mol. The number of thiazole rings is 1. The van der Waals surface area contributed by atoms with Gasteiger partial charge in [0.25, 0.3) is 5.91 Å². The van der Waals surface area contributed by atoms with E-state index in [-0.39, 0.29) is 12.3 Å². The van der Waals surface area contributed by atoms with Crippen molar-refractivity contribution < 1.29 is 19.5 Å². The molecule has 0 spiro atoms. The maximum atomic E-state index is 13.0. The molecule has 9 heteroatoms. The summed E-state index contributed by atoms with van der Waals surface area (Å²) in [5.41, 5.74) is 2.26. The minimum atomic E-state index is -1.07. The molecule has 0 aliphatic heterocycles. The Hall–Kier alpha value is -3.17. The van der Waals surface area contributed by atoms with Crippen molar-refractivity contribution in [2.75, 3.05) is 17.3 Å². The summed E-state index contributed by atoms with van der Waals surface area (Å²) < 4.78 is 0. The van der Waals surface area contributed by atoms with Gasteiger partial charge in [0, 0.05) is 22.8 Å². The van der Waals surface area contributed by atoms with Gasteiger partial charge in [0.2, 0.25) is 5.91 Å². The van der Waals surface area contributed by atoms with Crippen LogP contribution in [-0.4, -0.2) is 45.9 Å². The molecule has 0 radical (unpaired) electrons. The van der Waals surface area contributed by atoms with Crippen LogP contribution in [0.2, 0.25) is 0 Å². The Balaban J connectivity index is 1.86. The lowest BCUT2D eigenvalue weighted by molar-refractivity contribution is -0.139. The van der Waals surface area contributed by atoms with Crippen LogP contribution in [0.25, 0.3) is 11.1 Å². The van der Waals surface area contributed by atoms with E-state index in [1.165, 1.54) is 23.1 Å². The Bertz CT molecular complexity index is 1070. The van der Waals surface area contributed by atoms with Crippen LogP contribution < -0.4 is 10.6 Å². The number of benzene rings is 2. The number of nitrogens with one attached hydrogen (secondary N) is 2. The van der Waals surface area contributed by atoms with Gasteiger partial charge in [-0.2, -0.15) is 11.8 Å². The number of carbonyl (C=O) groups excluding carboxylic acids is 2. The monoisotopic (exact) mass is 469 g/mol. The summed E-state index contributed by atoms with van der Waals surface area (Å²) in [6, 6.07) is 13.3. The van der Waals surface area contributed by atoms with Crippen molar-refractivity contribution in [2.45, 2.75) is 18.9 Å². The van der Waals surface area contributed by atoms with E-state index in [9.17, 15) is 19.5 Å². The van der Waals surface area contributed by atoms with Crippen LogP contribution >= 0.6 is 23.1 Å². The lowest BCUT2D eigenvalue weighted by Crippen LogP contribution is -2.41. The standard InChI is InChI=1S/C23H23N3O4S2/c1-31-11-9-19(23(29)30)26-22(28)17-8-7-16(13-18(17)15-5-3-2-4-6-15)25-20(27)14-21-24-10-12-32-21/h2-8,10,12-13,19H,9,11,14H2,1H3,(H,25,27)(H,26,28)(H,29,30). The summed E-state index contributed by atoms with van der Waals surface area (Å²) in [6.45, 7) is 0. The fourth-order valence-corrected chi connectivity index (χ4v) is 4.17. The Morgan fingerprint density at radius 2 is 1.94 bits per heavy atom. The van der Waals surface area contributed by atoms with Gasteiger partial charge in [-0.15, -0.1) is 11.3 Å². The summed E-state index contributed by atoms with van der Waals surface area (Å²) in [5.74, 6) is -1.13. The van der Waals surface area contributed by atoms with Gasteiger partial charge < -0.3 is 15.7 Å². The van der Waals surface area contributed by atoms with Crippen LogP contribution in [0.5, 0.6) is 0 Å². The third kappa shape index (κ3) is 6.41. The number of hydrogen-bond donors (Lipinski definition) is 3. The number of thioether (sulfide) groups is 1. The zero-order chi connectivity index (χ0) is 22.9. The second-order valence-electron chi connectivity index (χ2n) is 6.92. The molecule has 2 amide bonds. The Morgan fingerprint density at radius 3 is 2.59 bits per heavy atom. The highest BCUT2D eigenvalue weighted by molar-refractivity contribution is 7.98. The van der Waals surface area contributed by atoms with Gasteiger partial charge in [-0.1, -0.05) is 30.3 Å². The number of nitrogens with zero attached hydrogens (tertiary/aromatic N) is 1. The van der Waals surface area contributed by atoms with Crippen LogP contribution in [0.15, 0.2) is 60.1 Å². The number of rotatable bonds is 10. The smallest absolute Gasteiger partial charge is 0.326 e. The molecule has 1 aromatic heterocycles. The third-order valence-electron chi connectivity index (χ3n) is 4.64. The number of anilines is 1. The third-order valence-corrected chi connectivity index (χ3v) is 6.07. The molecule has 0 aliphatic rings. The van der Waals surface area contributed by atoms with Gasteiger partial charge in [-0.25, -0.2) is 9.78 Å². The van der Waals surface area contributed by atoms with Crippen LogP contribution in [0.4, 0.5) is 5.69 Å². The number of carboxylic acids is 1. The normalized spacial score (nSPS) is 11.5. The average molecular weight is 470 g/mol. The predicted molar refractivity (Wildman–Crippen MR) is 128 cm³/mol. The molecule has 1 unspecified atom stereocenters. The highest BCUT2D eigenvalue weighted by Gasteiger charge is 2.22. The average Bonchev–Trinajstić information content (AvgIpc) is 3.29. The SMILES string of the molecule is CSCCC(NC(=O)c1ccc(NC(=O)Cc2nccs2)cc1-c1ccccc1)C(=O)O. The minimum Gasteiger partial charge on any atom is -0.480 e. The quantitative estimate of drug-likeness (QED) is 0.415. The van der Waals surface area contributed by atoms with E-state index in [4.69, 9.17) is 0 Å². The molecule has 0 fully saturated rings. The fourth-order valence-electron chi connectivity index (χ4n) is 3.09. The summed E-state index contributed by atoms with van der Waals surface area (Å²) in [7, 11) is 0. The Kier molecular flexibility index (Phi) is 8.41. The predicted octanol–water partition coefficient (Wildman–Crippen LogP) is 3.93. The molecule has 0 saturated heterocycles. The highest BCUT2D eigenvalue weighted by atomic mass is 32.2. The molecule has 1 heterocycles. The molecule has 2 aromatic carbocycles. The second kappa shape index (κ2) is 11.4. The van der Waals surface area contributed by atoms with Gasteiger partial charge in [0.15, 0.2) is 0 Å². The first kappa shape index (κ1) is 23.5. The van der Waals surface area contributed by atoms with Crippen molar-refractivity contribution in [1.82, 2.24) is 10.3 Å². The Labute approximate surface area is 194 Å². The van der Waals surface area contributed by atoms with E-state index in [1.54, 1.807) is 24.4 Å². The van der Waals surface area contributed by atoms with Crippen LogP contribution in [0, 0.1) is 0 Å². The van der Waals surface area contributed by atoms with Gasteiger partial charge >= 0.3 is 5.97 Å². The van der Waals surface area contributed by atoms with E-state index in [1.807, 2.05) is 42.0 Å². The maximum Gasteiger partial charge on any atom is 0.326 e.